The van der Waals surface area contributed by atoms with Crippen LogP contribution < -0.4 is 4.74 Å². The summed E-state index contributed by atoms with van der Waals surface area (Å²) in [5.74, 6) is 0.649. The van der Waals surface area contributed by atoms with Crippen LogP contribution in [0.3, 0.4) is 0 Å². The lowest BCUT2D eigenvalue weighted by atomic mass is 10.2. The summed E-state index contributed by atoms with van der Waals surface area (Å²) in [5, 5.41) is 0. The molecule has 1 aromatic heterocycles. The third-order valence-electron chi connectivity index (χ3n) is 1.64. The van der Waals surface area contributed by atoms with Gasteiger partial charge in [-0.25, -0.2) is 4.98 Å². The molecular weight excluding hydrogens is 168 g/mol. The van der Waals surface area contributed by atoms with Crippen LogP contribution in [0.15, 0.2) is 12.4 Å². The number of aryl methyl sites for hydroxylation is 1. The predicted octanol–water partition coefficient (Wildman–Crippen LogP) is 1.01. The van der Waals surface area contributed by atoms with Crippen LogP contribution in [-0.4, -0.2) is 22.9 Å². The fourth-order valence-electron chi connectivity index (χ4n) is 0.990. The molecule has 1 rings (SSSR count). The second-order valence-electron chi connectivity index (χ2n) is 2.71. The van der Waals surface area contributed by atoms with E-state index in [1.807, 2.05) is 0 Å². The van der Waals surface area contributed by atoms with Crippen LogP contribution in [0.2, 0.25) is 0 Å². The first-order valence-corrected chi connectivity index (χ1v) is 4.07. The molecule has 0 atom stereocenters. The quantitative estimate of drug-likeness (QED) is 0.693. The molecular formula is C9H12N2O2. The number of ketones is 1. The minimum atomic E-state index is 0.146. The number of methoxy groups -OCH3 is 1. The summed E-state index contributed by atoms with van der Waals surface area (Å²) in [6, 6.07) is 0. The van der Waals surface area contributed by atoms with Gasteiger partial charge in [-0.3, -0.25) is 4.98 Å². The van der Waals surface area contributed by atoms with Crippen molar-refractivity contribution in [2.24, 2.45) is 0 Å². The monoisotopic (exact) mass is 180 g/mol. The average Bonchev–Trinajstić information content (AvgIpc) is 2.15. The summed E-state index contributed by atoms with van der Waals surface area (Å²) in [6.07, 6.45) is 4.23. The topological polar surface area (TPSA) is 52.1 Å². The predicted molar refractivity (Wildman–Crippen MR) is 47.6 cm³/mol. The van der Waals surface area contributed by atoms with Crippen LogP contribution in [-0.2, 0) is 11.2 Å². The number of Topliss-reactive ketones (excluding diaryl/α,β-unsaturated/α-hetero) is 1. The maximum Gasteiger partial charge on any atom is 0.235 e. The molecule has 4 heteroatoms. The van der Waals surface area contributed by atoms with Gasteiger partial charge in [0.15, 0.2) is 0 Å². The van der Waals surface area contributed by atoms with Gasteiger partial charge in [0.25, 0.3) is 0 Å². The molecule has 0 fully saturated rings. The number of hydrogen-bond acceptors (Lipinski definition) is 4. The lowest BCUT2D eigenvalue weighted by Gasteiger charge is -2.03. The Morgan fingerprint density at radius 3 is 2.77 bits per heavy atom. The number of ether oxygens (including phenoxy) is 1. The van der Waals surface area contributed by atoms with Crippen LogP contribution >= 0.6 is 0 Å². The van der Waals surface area contributed by atoms with Crippen molar-refractivity contribution in [1.29, 1.82) is 0 Å². The van der Waals surface area contributed by atoms with Crippen LogP contribution in [0.5, 0.6) is 5.88 Å². The molecule has 70 valence electrons. The van der Waals surface area contributed by atoms with Gasteiger partial charge in [0.05, 0.1) is 7.11 Å². The number of nitrogens with zero attached hydrogens (tertiary/aromatic N) is 2. The summed E-state index contributed by atoms with van der Waals surface area (Å²) in [5.41, 5.74) is 0.736. The Morgan fingerprint density at radius 2 is 2.15 bits per heavy atom. The van der Waals surface area contributed by atoms with E-state index in [1.54, 1.807) is 26.4 Å². The molecule has 0 aromatic carbocycles. The van der Waals surface area contributed by atoms with Crippen molar-refractivity contribution in [2.75, 3.05) is 7.11 Å². The number of aromatic nitrogens is 2. The highest BCUT2D eigenvalue weighted by molar-refractivity contribution is 5.75. The second kappa shape index (κ2) is 4.54. The molecule has 0 N–H and O–H groups in total. The van der Waals surface area contributed by atoms with Gasteiger partial charge in [-0.15, -0.1) is 0 Å². The van der Waals surface area contributed by atoms with Gasteiger partial charge < -0.3 is 9.53 Å². The lowest BCUT2D eigenvalue weighted by molar-refractivity contribution is -0.116. The van der Waals surface area contributed by atoms with E-state index in [0.717, 1.165) is 5.69 Å². The van der Waals surface area contributed by atoms with Crippen LogP contribution in [0.4, 0.5) is 0 Å². The number of carbonyl (C=O) groups is 1. The normalized spacial score (nSPS) is 9.69. The van der Waals surface area contributed by atoms with Crippen LogP contribution in [0.1, 0.15) is 19.0 Å². The van der Waals surface area contributed by atoms with Gasteiger partial charge in [-0.05, 0) is 6.92 Å². The van der Waals surface area contributed by atoms with Crippen molar-refractivity contribution in [3.63, 3.8) is 0 Å². The standard InChI is InChI=1S/C9H12N2O2/c1-7(12)3-4-8-9(13-2)11-6-5-10-8/h5-6H,3-4H2,1-2H3. The van der Waals surface area contributed by atoms with Gasteiger partial charge in [0, 0.05) is 25.2 Å². The molecule has 0 bridgehead atoms. The molecule has 4 nitrogen and oxygen atoms in total. The van der Waals surface area contributed by atoms with Gasteiger partial charge in [-0.1, -0.05) is 0 Å². The summed E-state index contributed by atoms with van der Waals surface area (Å²) in [4.78, 5) is 18.8. The zero-order valence-corrected chi connectivity index (χ0v) is 7.78. The SMILES string of the molecule is COc1nccnc1CCC(C)=O. The highest BCUT2D eigenvalue weighted by atomic mass is 16.5. The van der Waals surface area contributed by atoms with E-state index in [9.17, 15) is 4.79 Å². The molecule has 0 saturated carbocycles. The molecule has 0 aliphatic heterocycles. The van der Waals surface area contributed by atoms with Crippen molar-refractivity contribution in [2.45, 2.75) is 19.8 Å². The van der Waals surface area contributed by atoms with Gasteiger partial charge >= 0.3 is 0 Å². The minimum absolute atomic E-state index is 0.146. The summed E-state index contributed by atoms with van der Waals surface area (Å²) in [7, 11) is 1.54. The maximum absolute atomic E-state index is 10.7. The molecule has 1 aromatic rings. The van der Waals surface area contributed by atoms with E-state index in [0.29, 0.717) is 18.7 Å². The Balaban J connectivity index is 2.69. The Kier molecular flexibility index (Phi) is 3.37. The van der Waals surface area contributed by atoms with E-state index in [-0.39, 0.29) is 5.78 Å². The molecule has 0 aliphatic carbocycles. The van der Waals surface area contributed by atoms with E-state index in [4.69, 9.17) is 4.74 Å². The Bertz CT molecular complexity index is 299. The van der Waals surface area contributed by atoms with Gasteiger partial charge in [0.1, 0.15) is 11.5 Å². The molecule has 13 heavy (non-hydrogen) atoms. The first-order chi connectivity index (χ1) is 6.24. The van der Waals surface area contributed by atoms with E-state index >= 15 is 0 Å². The molecule has 0 spiro atoms. The highest BCUT2D eigenvalue weighted by Crippen LogP contribution is 2.12. The van der Waals surface area contributed by atoms with Crippen molar-refractivity contribution in [1.82, 2.24) is 9.97 Å². The number of rotatable bonds is 4. The number of carbonyl (C=O) groups excluding carboxylic acids is 1. The van der Waals surface area contributed by atoms with Crippen molar-refractivity contribution >= 4 is 5.78 Å². The first-order valence-electron chi connectivity index (χ1n) is 4.07. The van der Waals surface area contributed by atoms with Crippen molar-refractivity contribution in [3.8, 4) is 5.88 Å². The summed E-state index contributed by atoms with van der Waals surface area (Å²) in [6.45, 7) is 1.56. The fourth-order valence-corrected chi connectivity index (χ4v) is 0.990. The molecule has 0 radical (unpaired) electrons. The largest absolute Gasteiger partial charge is 0.480 e. The van der Waals surface area contributed by atoms with Crippen molar-refractivity contribution in [3.05, 3.63) is 18.1 Å². The molecule has 1 heterocycles. The summed E-state index contributed by atoms with van der Waals surface area (Å²) >= 11 is 0. The molecule has 0 saturated heterocycles. The van der Waals surface area contributed by atoms with E-state index in [2.05, 4.69) is 9.97 Å². The van der Waals surface area contributed by atoms with E-state index < -0.39 is 0 Å². The Labute approximate surface area is 77.0 Å². The van der Waals surface area contributed by atoms with Crippen molar-refractivity contribution < 1.29 is 9.53 Å². The van der Waals surface area contributed by atoms with Crippen LogP contribution in [0, 0.1) is 0 Å². The third-order valence-corrected chi connectivity index (χ3v) is 1.64. The lowest BCUT2D eigenvalue weighted by Crippen LogP contribution is -2.00. The average molecular weight is 180 g/mol. The highest BCUT2D eigenvalue weighted by Gasteiger charge is 2.05. The smallest absolute Gasteiger partial charge is 0.235 e. The minimum Gasteiger partial charge on any atom is -0.480 e. The second-order valence-corrected chi connectivity index (χ2v) is 2.71. The Morgan fingerprint density at radius 1 is 1.46 bits per heavy atom. The fraction of sp³-hybridized carbons (Fsp3) is 0.444. The Hall–Kier alpha value is -1.45. The zero-order valence-electron chi connectivity index (χ0n) is 7.78. The number of hydrogen-bond donors (Lipinski definition) is 0. The van der Waals surface area contributed by atoms with Gasteiger partial charge in [0.2, 0.25) is 5.88 Å². The third kappa shape index (κ3) is 2.82. The zero-order chi connectivity index (χ0) is 9.68. The summed E-state index contributed by atoms with van der Waals surface area (Å²) < 4.78 is 4.99. The van der Waals surface area contributed by atoms with Gasteiger partial charge in [-0.2, -0.15) is 0 Å². The molecule has 0 aliphatic rings. The van der Waals surface area contributed by atoms with Crippen LogP contribution in [0.25, 0.3) is 0 Å². The van der Waals surface area contributed by atoms with E-state index in [1.165, 1.54) is 0 Å². The first kappa shape index (κ1) is 9.64. The molecule has 0 amide bonds. The maximum atomic E-state index is 10.7. The molecule has 0 unspecified atom stereocenters.